The highest BCUT2D eigenvalue weighted by molar-refractivity contribution is 6.30. The molecule has 0 fully saturated rings. The monoisotopic (exact) mass is 340 g/mol. The van der Waals surface area contributed by atoms with E-state index in [0.29, 0.717) is 22.9 Å². The van der Waals surface area contributed by atoms with Crippen molar-refractivity contribution in [1.29, 1.82) is 0 Å². The maximum absolute atomic E-state index is 12.2. The van der Waals surface area contributed by atoms with Crippen molar-refractivity contribution in [2.24, 2.45) is 0 Å². The van der Waals surface area contributed by atoms with Gasteiger partial charge in [-0.2, -0.15) is 5.10 Å². The first-order valence-electron chi connectivity index (χ1n) is 7.55. The van der Waals surface area contributed by atoms with Gasteiger partial charge in [-0.3, -0.25) is 4.79 Å². The Morgan fingerprint density at radius 2 is 2.04 bits per heavy atom. The van der Waals surface area contributed by atoms with Gasteiger partial charge in [-0.15, -0.1) is 0 Å². The topological polar surface area (TPSA) is 59.8 Å². The number of carbonyl (C=O) groups is 1. The van der Waals surface area contributed by atoms with Crippen LogP contribution in [-0.2, 0) is 6.54 Å². The van der Waals surface area contributed by atoms with Gasteiger partial charge in [0, 0.05) is 23.5 Å². The quantitative estimate of drug-likeness (QED) is 0.791. The molecule has 0 atom stereocenters. The molecule has 0 radical (unpaired) electrons. The number of aromatic nitrogens is 3. The molecule has 0 saturated heterocycles. The molecule has 2 aromatic heterocycles. The van der Waals surface area contributed by atoms with Gasteiger partial charge < -0.3 is 5.32 Å². The molecule has 5 nitrogen and oxygen atoms in total. The zero-order valence-electron chi connectivity index (χ0n) is 13.5. The van der Waals surface area contributed by atoms with E-state index in [9.17, 15) is 4.79 Å². The molecule has 3 aromatic rings. The van der Waals surface area contributed by atoms with Gasteiger partial charge in [0.2, 0.25) is 0 Å². The van der Waals surface area contributed by atoms with E-state index in [2.05, 4.69) is 15.4 Å². The number of nitrogens with one attached hydrogen (secondary N) is 1. The lowest BCUT2D eigenvalue weighted by molar-refractivity contribution is 0.0950. The third kappa shape index (κ3) is 3.63. The summed E-state index contributed by atoms with van der Waals surface area (Å²) in [5.41, 5.74) is 3.38. The first kappa shape index (κ1) is 16.2. The molecule has 1 amide bonds. The SMILES string of the molecule is Cc1cc(C)n(-c2ccc(C(=O)NCc3cccc(Cl)c3)cn2)n1. The number of halogens is 1. The second-order valence-corrected chi connectivity index (χ2v) is 5.99. The fourth-order valence-electron chi connectivity index (χ4n) is 2.44. The zero-order chi connectivity index (χ0) is 17.1. The van der Waals surface area contributed by atoms with E-state index in [1.54, 1.807) is 29.1 Å². The van der Waals surface area contributed by atoms with Crippen LogP contribution in [0, 0.1) is 13.8 Å². The molecule has 0 unspecified atom stereocenters. The molecule has 24 heavy (non-hydrogen) atoms. The van der Waals surface area contributed by atoms with Gasteiger partial charge in [0.1, 0.15) is 0 Å². The van der Waals surface area contributed by atoms with Crippen LogP contribution in [0.2, 0.25) is 5.02 Å². The third-order valence-corrected chi connectivity index (χ3v) is 3.81. The summed E-state index contributed by atoms with van der Waals surface area (Å²) in [6.45, 7) is 4.31. The zero-order valence-corrected chi connectivity index (χ0v) is 14.2. The van der Waals surface area contributed by atoms with Crippen LogP contribution in [0.15, 0.2) is 48.7 Å². The second-order valence-electron chi connectivity index (χ2n) is 5.56. The van der Waals surface area contributed by atoms with Crippen LogP contribution < -0.4 is 5.32 Å². The number of hydrogen-bond acceptors (Lipinski definition) is 3. The lowest BCUT2D eigenvalue weighted by Crippen LogP contribution is -2.23. The summed E-state index contributed by atoms with van der Waals surface area (Å²) in [7, 11) is 0. The third-order valence-electron chi connectivity index (χ3n) is 3.58. The highest BCUT2D eigenvalue weighted by atomic mass is 35.5. The summed E-state index contributed by atoms with van der Waals surface area (Å²) >= 11 is 5.94. The molecule has 0 aliphatic heterocycles. The number of pyridine rings is 1. The van der Waals surface area contributed by atoms with Crippen LogP contribution in [0.3, 0.4) is 0 Å². The summed E-state index contributed by atoms with van der Waals surface area (Å²) in [6.07, 6.45) is 1.55. The number of aryl methyl sites for hydroxylation is 2. The average molecular weight is 341 g/mol. The van der Waals surface area contributed by atoms with Crippen molar-refractivity contribution >= 4 is 17.5 Å². The van der Waals surface area contributed by atoms with Crippen molar-refractivity contribution in [3.63, 3.8) is 0 Å². The van der Waals surface area contributed by atoms with Crippen LogP contribution in [0.4, 0.5) is 0 Å². The Labute approximate surface area is 145 Å². The minimum absolute atomic E-state index is 0.178. The largest absolute Gasteiger partial charge is 0.348 e. The first-order valence-corrected chi connectivity index (χ1v) is 7.93. The molecule has 1 N–H and O–H groups in total. The van der Waals surface area contributed by atoms with E-state index < -0.39 is 0 Å². The van der Waals surface area contributed by atoms with E-state index >= 15 is 0 Å². The van der Waals surface area contributed by atoms with Gasteiger partial charge in [0.15, 0.2) is 5.82 Å². The Hall–Kier alpha value is -2.66. The van der Waals surface area contributed by atoms with Crippen molar-refractivity contribution in [3.05, 3.63) is 76.2 Å². The second kappa shape index (κ2) is 6.84. The number of amides is 1. The first-order chi connectivity index (χ1) is 11.5. The average Bonchev–Trinajstić information content (AvgIpc) is 2.91. The van der Waals surface area contributed by atoms with Gasteiger partial charge in [-0.25, -0.2) is 9.67 Å². The molecule has 2 heterocycles. The normalized spacial score (nSPS) is 10.6. The highest BCUT2D eigenvalue weighted by Gasteiger charge is 2.09. The Balaban J connectivity index is 1.69. The lowest BCUT2D eigenvalue weighted by atomic mass is 10.2. The molecular formula is C18H17ClN4O. The van der Waals surface area contributed by atoms with Crippen molar-refractivity contribution in [3.8, 4) is 5.82 Å². The summed E-state index contributed by atoms with van der Waals surface area (Å²) < 4.78 is 1.75. The Bertz CT molecular complexity index is 871. The standard InChI is InChI=1S/C18H17ClN4O/c1-12-8-13(2)23(22-12)17-7-6-15(11-20-17)18(24)21-10-14-4-3-5-16(19)9-14/h3-9,11H,10H2,1-2H3,(H,21,24). The van der Waals surface area contributed by atoms with Gasteiger partial charge in [-0.05, 0) is 49.7 Å². The Morgan fingerprint density at radius 1 is 1.21 bits per heavy atom. The predicted octanol–water partition coefficient (Wildman–Crippen LogP) is 3.47. The fourth-order valence-corrected chi connectivity index (χ4v) is 2.65. The molecule has 0 spiro atoms. The minimum Gasteiger partial charge on any atom is -0.348 e. The van der Waals surface area contributed by atoms with Crippen LogP contribution in [0.1, 0.15) is 27.3 Å². The molecule has 122 valence electrons. The summed E-state index contributed by atoms with van der Waals surface area (Å²) in [6, 6.07) is 12.9. The van der Waals surface area contributed by atoms with E-state index in [1.165, 1.54) is 0 Å². The molecule has 3 rings (SSSR count). The number of benzene rings is 1. The summed E-state index contributed by atoms with van der Waals surface area (Å²) in [4.78, 5) is 16.5. The van der Waals surface area contributed by atoms with Crippen molar-refractivity contribution in [2.45, 2.75) is 20.4 Å². The van der Waals surface area contributed by atoms with Crippen molar-refractivity contribution < 1.29 is 4.79 Å². The molecule has 0 aliphatic rings. The Morgan fingerprint density at radius 3 is 2.67 bits per heavy atom. The van der Waals surface area contributed by atoms with Crippen LogP contribution in [0.25, 0.3) is 5.82 Å². The highest BCUT2D eigenvalue weighted by Crippen LogP contribution is 2.12. The maximum Gasteiger partial charge on any atom is 0.253 e. The van der Waals surface area contributed by atoms with E-state index in [4.69, 9.17) is 11.6 Å². The smallest absolute Gasteiger partial charge is 0.253 e. The van der Waals surface area contributed by atoms with Gasteiger partial charge >= 0.3 is 0 Å². The fraction of sp³-hybridized carbons (Fsp3) is 0.167. The summed E-state index contributed by atoms with van der Waals surface area (Å²) in [5.74, 6) is 0.509. The maximum atomic E-state index is 12.2. The van der Waals surface area contributed by atoms with Crippen LogP contribution in [-0.4, -0.2) is 20.7 Å². The molecule has 6 heteroatoms. The minimum atomic E-state index is -0.178. The van der Waals surface area contributed by atoms with Gasteiger partial charge in [-0.1, -0.05) is 23.7 Å². The van der Waals surface area contributed by atoms with E-state index in [1.807, 2.05) is 38.1 Å². The van der Waals surface area contributed by atoms with Gasteiger partial charge in [0.25, 0.3) is 5.91 Å². The number of rotatable bonds is 4. The van der Waals surface area contributed by atoms with E-state index in [-0.39, 0.29) is 5.91 Å². The van der Waals surface area contributed by atoms with Crippen molar-refractivity contribution in [1.82, 2.24) is 20.1 Å². The molecule has 0 bridgehead atoms. The molecule has 0 aliphatic carbocycles. The lowest BCUT2D eigenvalue weighted by Gasteiger charge is -2.07. The molecule has 0 saturated carbocycles. The Kier molecular flexibility index (Phi) is 4.62. The number of nitrogens with zero attached hydrogens (tertiary/aromatic N) is 3. The molecular weight excluding hydrogens is 324 g/mol. The predicted molar refractivity (Wildman–Crippen MR) is 93.5 cm³/mol. The molecule has 1 aromatic carbocycles. The van der Waals surface area contributed by atoms with Crippen LogP contribution in [0.5, 0.6) is 0 Å². The number of hydrogen-bond donors (Lipinski definition) is 1. The van der Waals surface area contributed by atoms with E-state index in [0.717, 1.165) is 17.0 Å². The van der Waals surface area contributed by atoms with Crippen molar-refractivity contribution in [2.75, 3.05) is 0 Å². The summed E-state index contributed by atoms with van der Waals surface area (Å²) in [5, 5.41) is 7.89. The number of carbonyl (C=O) groups excluding carboxylic acids is 1. The van der Waals surface area contributed by atoms with Gasteiger partial charge in [0.05, 0.1) is 11.3 Å². The van der Waals surface area contributed by atoms with Crippen LogP contribution >= 0.6 is 11.6 Å².